The molecule has 7 nitrogen and oxygen atoms in total. The number of ether oxygens (including phenoxy) is 3. The fraction of sp³-hybridized carbons (Fsp3) is 0.455. The Kier molecular flexibility index (Phi) is 15.7. The molecule has 1 aliphatic carbocycles. The fourth-order valence-electron chi connectivity index (χ4n) is 6.61. The van der Waals surface area contributed by atoms with Gasteiger partial charge in [0.05, 0.1) is 19.8 Å². The third-order valence-corrected chi connectivity index (χ3v) is 9.89. The van der Waals surface area contributed by atoms with E-state index in [1.165, 1.54) is 31.2 Å². The Morgan fingerprint density at radius 3 is 1.81 bits per heavy atom. The molecule has 0 heterocycles. The van der Waals surface area contributed by atoms with Gasteiger partial charge in [-0.25, -0.2) is 14.0 Å². The fourth-order valence-corrected chi connectivity index (χ4v) is 6.61. The van der Waals surface area contributed by atoms with Crippen LogP contribution in [0, 0.1) is 17.7 Å². The zero-order chi connectivity index (χ0) is 37.6. The summed E-state index contributed by atoms with van der Waals surface area (Å²) in [4.78, 5) is 24.0. The Labute approximate surface area is 308 Å². The number of aryl methyl sites for hydroxylation is 2. The van der Waals surface area contributed by atoms with E-state index in [-0.39, 0.29) is 44.8 Å². The summed E-state index contributed by atoms with van der Waals surface area (Å²) in [5, 5.41) is 19.2. The summed E-state index contributed by atoms with van der Waals surface area (Å²) in [6, 6.07) is 17.7. The maximum atomic E-state index is 16.1. The van der Waals surface area contributed by atoms with Crippen molar-refractivity contribution in [2.45, 2.75) is 84.5 Å². The van der Waals surface area contributed by atoms with Crippen molar-refractivity contribution >= 4 is 11.9 Å². The van der Waals surface area contributed by atoms with E-state index in [1.54, 1.807) is 26.0 Å². The minimum atomic E-state index is -0.463. The van der Waals surface area contributed by atoms with Gasteiger partial charge in [-0.15, -0.1) is 0 Å². The SMILES string of the molecule is C=C(C)C(=O)OCCCc1cc(-c2ccc(-c3ccc(C4CCC(C)CC4)cc3)cc2F)cc(CCCOC(=O)C(=C)C)c1OCCC(CO)CO. The summed E-state index contributed by atoms with van der Waals surface area (Å²) in [7, 11) is 0. The molecule has 0 bridgehead atoms. The zero-order valence-electron chi connectivity index (χ0n) is 31.1. The second kappa shape index (κ2) is 20.1. The molecule has 0 atom stereocenters. The second-order valence-corrected chi connectivity index (χ2v) is 14.3. The molecule has 8 heteroatoms. The molecule has 0 amide bonds. The molecule has 280 valence electrons. The van der Waals surface area contributed by atoms with E-state index in [9.17, 15) is 19.8 Å². The summed E-state index contributed by atoms with van der Waals surface area (Å²) in [5.41, 5.74) is 6.46. The highest BCUT2D eigenvalue weighted by Crippen LogP contribution is 2.38. The van der Waals surface area contributed by atoms with Crippen LogP contribution in [0.5, 0.6) is 5.75 Å². The lowest BCUT2D eigenvalue weighted by atomic mass is 9.79. The molecule has 0 aliphatic heterocycles. The first kappa shape index (κ1) is 40.5. The van der Waals surface area contributed by atoms with Crippen LogP contribution in [0.15, 0.2) is 78.9 Å². The van der Waals surface area contributed by atoms with Crippen LogP contribution < -0.4 is 4.74 Å². The van der Waals surface area contributed by atoms with E-state index in [0.29, 0.717) is 66.0 Å². The van der Waals surface area contributed by atoms with Gasteiger partial charge in [-0.3, -0.25) is 0 Å². The number of halogens is 1. The Hall–Kier alpha value is -4.27. The summed E-state index contributed by atoms with van der Waals surface area (Å²) >= 11 is 0. The lowest BCUT2D eigenvalue weighted by molar-refractivity contribution is -0.139. The van der Waals surface area contributed by atoms with Crippen molar-refractivity contribution < 1.29 is 38.4 Å². The molecule has 1 fully saturated rings. The summed E-state index contributed by atoms with van der Waals surface area (Å²) in [6.45, 7) is 13.0. The Morgan fingerprint density at radius 1 is 0.769 bits per heavy atom. The van der Waals surface area contributed by atoms with Crippen LogP contribution in [0.25, 0.3) is 22.3 Å². The van der Waals surface area contributed by atoms with Crippen molar-refractivity contribution in [2.24, 2.45) is 11.8 Å². The molecule has 3 aromatic rings. The molecular weight excluding hydrogens is 659 g/mol. The molecule has 0 saturated heterocycles. The lowest BCUT2D eigenvalue weighted by Gasteiger charge is -2.26. The molecule has 0 radical (unpaired) electrons. The second-order valence-electron chi connectivity index (χ2n) is 14.3. The first-order chi connectivity index (χ1) is 25.0. The van der Waals surface area contributed by atoms with Crippen molar-refractivity contribution in [1.82, 2.24) is 0 Å². The van der Waals surface area contributed by atoms with E-state index >= 15 is 4.39 Å². The largest absolute Gasteiger partial charge is 0.493 e. The number of carbonyl (C=O) groups is 2. The topological polar surface area (TPSA) is 102 Å². The standard InChI is InChI=1S/C44H55FO7/c1-29(2)43(48)51-21-6-8-37-24-39(25-38(9-7-22-52-44(49)30(3)4)42(37)50-23-20-32(27-46)28-47)40-19-18-36(26-41(40)45)35-16-14-34(15-17-35)33-12-10-31(5)11-13-33/h14-19,24-26,31-33,46-47H,1,3,6-13,20-23,27-28H2,2,4-5H3. The van der Waals surface area contributed by atoms with Gasteiger partial charge in [0.25, 0.3) is 0 Å². The number of aliphatic hydroxyl groups excluding tert-OH is 2. The minimum Gasteiger partial charge on any atom is -0.493 e. The van der Waals surface area contributed by atoms with Crippen molar-refractivity contribution in [2.75, 3.05) is 33.0 Å². The van der Waals surface area contributed by atoms with Crippen LogP contribution >= 0.6 is 0 Å². The highest BCUT2D eigenvalue weighted by molar-refractivity contribution is 5.87. The van der Waals surface area contributed by atoms with Crippen LogP contribution in [-0.2, 0) is 31.9 Å². The van der Waals surface area contributed by atoms with Crippen molar-refractivity contribution in [3.63, 3.8) is 0 Å². The van der Waals surface area contributed by atoms with Crippen molar-refractivity contribution in [3.8, 4) is 28.0 Å². The van der Waals surface area contributed by atoms with Crippen molar-refractivity contribution in [3.05, 3.63) is 101 Å². The highest BCUT2D eigenvalue weighted by Gasteiger charge is 2.21. The quantitative estimate of drug-likeness (QED) is 0.0727. The first-order valence-corrected chi connectivity index (χ1v) is 18.6. The van der Waals surface area contributed by atoms with Gasteiger partial charge in [-0.2, -0.15) is 0 Å². The van der Waals surface area contributed by atoms with E-state index in [4.69, 9.17) is 14.2 Å². The number of carbonyl (C=O) groups excluding carboxylic acids is 2. The van der Waals surface area contributed by atoms with Gasteiger partial charge in [-0.1, -0.05) is 69.3 Å². The lowest BCUT2D eigenvalue weighted by Crippen LogP contribution is -2.16. The van der Waals surface area contributed by atoms with Gasteiger partial charge in [-0.05, 0) is 122 Å². The van der Waals surface area contributed by atoms with Crippen LogP contribution in [0.4, 0.5) is 4.39 Å². The molecule has 4 rings (SSSR count). The average Bonchev–Trinajstić information content (AvgIpc) is 3.14. The van der Waals surface area contributed by atoms with Gasteiger partial charge in [0, 0.05) is 35.8 Å². The van der Waals surface area contributed by atoms with Gasteiger partial charge in [0.15, 0.2) is 0 Å². The number of rotatable bonds is 19. The first-order valence-electron chi connectivity index (χ1n) is 18.6. The van der Waals surface area contributed by atoms with E-state index in [1.807, 2.05) is 18.2 Å². The number of aliphatic hydroxyl groups is 2. The Bertz CT molecular complexity index is 1610. The Balaban J connectivity index is 1.64. The average molecular weight is 715 g/mol. The third kappa shape index (κ3) is 11.6. The van der Waals surface area contributed by atoms with Crippen LogP contribution in [0.3, 0.4) is 0 Å². The van der Waals surface area contributed by atoms with Crippen molar-refractivity contribution in [1.29, 1.82) is 0 Å². The zero-order valence-corrected chi connectivity index (χ0v) is 31.1. The number of hydrogen-bond donors (Lipinski definition) is 2. The monoisotopic (exact) mass is 714 g/mol. The molecule has 0 spiro atoms. The molecular formula is C44H55FO7. The van der Waals surface area contributed by atoms with Crippen LogP contribution in [0.1, 0.15) is 88.3 Å². The summed E-state index contributed by atoms with van der Waals surface area (Å²) in [6.07, 6.45) is 7.29. The molecule has 2 N–H and O–H groups in total. The van der Waals surface area contributed by atoms with E-state index in [0.717, 1.165) is 28.2 Å². The molecule has 3 aromatic carbocycles. The molecule has 0 unspecified atom stereocenters. The van der Waals surface area contributed by atoms with Crippen LogP contribution in [-0.4, -0.2) is 55.2 Å². The molecule has 52 heavy (non-hydrogen) atoms. The number of benzene rings is 3. The van der Waals surface area contributed by atoms with Gasteiger partial charge in [0.1, 0.15) is 11.6 Å². The normalized spacial score (nSPS) is 15.7. The molecule has 1 aliphatic rings. The van der Waals surface area contributed by atoms with E-state index in [2.05, 4.69) is 44.3 Å². The molecule has 1 saturated carbocycles. The Morgan fingerprint density at radius 2 is 1.31 bits per heavy atom. The predicted octanol–water partition coefficient (Wildman–Crippen LogP) is 8.93. The smallest absolute Gasteiger partial charge is 0.333 e. The summed E-state index contributed by atoms with van der Waals surface area (Å²) in [5.74, 6) is 0.385. The van der Waals surface area contributed by atoms with Gasteiger partial charge < -0.3 is 24.4 Å². The maximum Gasteiger partial charge on any atom is 0.333 e. The predicted molar refractivity (Wildman–Crippen MR) is 204 cm³/mol. The van der Waals surface area contributed by atoms with Gasteiger partial charge in [0.2, 0.25) is 0 Å². The number of esters is 2. The molecule has 0 aromatic heterocycles. The highest BCUT2D eigenvalue weighted by atomic mass is 19.1. The summed E-state index contributed by atoms with van der Waals surface area (Å²) < 4.78 is 33.1. The van der Waals surface area contributed by atoms with Gasteiger partial charge >= 0.3 is 11.9 Å². The maximum absolute atomic E-state index is 16.1. The third-order valence-electron chi connectivity index (χ3n) is 9.89. The van der Waals surface area contributed by atoms with Crippen LogP contribution in [0.2, 0.25) is 0 Å². The van der Waals surface area contributed by atoms with E-state index < -0.39 is 11.9 Å². The minimum absolute atomic E-state index is 0.167. The number of hydrogen-bond acceptors (Lipinski definition) is 7.